The van der Waals surface area contributed by atoms with Crippen molar-refractivity contribution in [3.8, 4) is 0 Å². The fraction of sp³-hybridized carbons (Fsp3) is 0.750. The van der Waals surface area contributed by atoms with Gasteiger partial charge >= 0.3 is 6.18 Å². The molecule has 1 fully saturated rings. The third-order valence-electron chi connectivity index (χ3n) is 3.34. The van der Waals surface area contributed by atoms with Crippen LogP contribution in [0.25, 0.3) is 0 Å². The summed E-state index contributed by atoms with van der Waals surface area (Å²) in [6.07, 6.45) is 2.70. The minimum absolute atomic E-state index is 0.129. The van der Waals surface area contributed by atoms with Crippen LogP contribution < -0.4 is 0 Å². The lowest BCUT2D eigenvalue weighted by Gasteiger charge is -2.33. The first-order valence-corrected chi connectivity index (χ1v) is 6.28. The van der Waals surface area contributed by atoms with Gasteiger partial charge in [0, 0.05) is 32.0 Å². The van der Waals surface area contributed by atoms with Gasteiger partial charge in [-0.1, -0.05) is 0 Å². The maximum absolute atomic E-state index is 12.2. The first-order chi connectivity index (χ1) is 8.53. The number of hydrogen-bond donors (Lipinski definition) is 0. The number of halogens is 3. The molecular weight excluding hydrogens is 243 g/mol. The van der Waals surface area contributed by atoms with E-state index >= 15 is 0 Å². The lowest BCUT2D eigenvalue weighted by atomic mass is 9.98. The third-order valence-corrected chi connectivity index (χ3v) is 3.34. The summed E-state index contributed by atoms with van der Waals surface area (Å²) in [5, 5.41) is 0. The fourth-order valence-electron chi connectivity index (χ4n) is 2.48. The molecule has 0 spiro atoms. The van der Waals surface area contributed by atoms with Crippen LogP contribution in [0.5, 0.6) is 0 Å². The molecule has 1 aromatic rings. The normalized spacial score (nSPS) is 22.3. The summed E-state index contributed by atoms with van der Waals surface area (Å²) >= 11 is 0. The molecular formula is C12H18F3N3. The highest BCUT2D eigenvalue weighted by Crippen LogP contribution is 2.23. The van der Waals surface area contributed by atoms with Gasteiger partial charge in [0.05, 0.1) is 12.7 Å². The van der Waals surface area contributed by atoms with Crippen LogP contribution in [-0.2, 0) is 6.54 Å². The van der Waals surface area contributed by atoms with E-state index < -0.39 is 12.6 Å². The Balaban J connectivity index is 1.77. The molecule has 102 valence electrons. The second-order valence-electron chi connectivity index (χ2n) is 4.93. The maximum atomic E-state index is 12.2. The van der Waals surface area contributed by atoms with Gasteiger partial charge < -0.3 is 9.47 Å². The van der Waals surface area contributed by atoms with Crippen molar-refractivity contribution in [2.75, 3.05) is 19.6 Å². The van der Waals surface area contributed by atoms with Crippen LogP contribution in [0.3, 0.4) is 0 Å². The van der Waals surface area contributed by atoms with E-state index in [1.165, 1.54) is 0 Å². The Hall–Kier alpha value is -1.04. The van der Waals surface area contributed by atoms with Crippen molar-refractivity contribution >= 4 is 0 Å². The van der Waals surface area contributed by atoms with Crippen molar-refractivity contribution in [1.29, 1.82) is 0 Å². The quantitative estimate of drug-likeness (QED) is 0.830. The first-order valence-electron chi connectivity index (χ1n) is 6.28. The SMILES string of the molecule is FC(F)(F)CCN1CCCC(Cn2ccnc2)C1. The van der Waals surface area contributed by atoms with Gasteiger partial charge in [-0.15, -0.1) is 0 Å². The van der Waals surface area contributed by atoms with E-state index in [4.69, 9.17) is 0 Å². The summed E-state index contributed by atoms with van der Waals surface area (Å²) in [4.78, 5) is 5.91. The zero-order chi connectivity index (χ0) is 13.0. The first kappa shape index (κ1) is 13.4. The maximum Gasteiger partial charge on any atom is 0.390 e. The summed E-state index contributed by atoms with van der Waals surface area (Å²) in [5.41, 5.74) is 0. The lowest BCUT2D eigenvalue weighted by molar-refractivity contribution is -0.138. The van der Waals surface area contributed by atoms with Gasteiger partial charge in [-0.3, -0.25) is 0 Å². The highest BCUT2D eigenvalue weighted by atomic mass is 19.4. The van der Waals surface area contributed by atoms with E-state index in [0.717, 1.165) is 32.5 Å². The van der Waals surface area contributed by atoms with Gasteiger partial charge in [-0.2, -0.15) is 13.2 Å². The predicted molar refractivity (Wildman–Crippen MR) is 62.1 cm³/mol. The summed E-state index contributed by atoms with van der Waals surface area (Å²) in [6.45, 7) is 2.53. The summed E-state index contributed by atoms with van der Waals surface area (Å²) in [7, 11) is 0. The van der Waals surface area contributed by atoms with Crippen LogP contribution in [0, 0.1) is 5.92 Å². The Kier molecular flexibility index (Phi) is 4.27. The second-order valence-corrected chi connectivity index (χ2v) is 4.93. The summed E-state index contributed by atoms with van der Waals surface area (Å²) in [6, 6.07) is 0. The van der Waals surface area contributed by atoms with Crippen LogP contribution in [0.4, 0.5) is 13.2 Å². The van der Waals surface area contributed by atoms with Crippen LogP contribution in [0.2, 0.25) is 0 Å². The van der Waals surface area contributed by atoms with Gasteiger partial charge in [0.15, 0.2) is 0 Å². The van der Waals surface area contributed by atoms with Crippen molar-refractivity contribution < 1.29 is 13.2 Å². The Morgan fingerprint density at radius 3 is 2.83 bits per heavy atom. The third kappa shape index (κ3) is 4.33. The van der Waals surface area contributed by atoms with Crippen LogP contribution in [-0.4, -0.2) is 40.3 Å². The smallest absolute Gasteiger partial charge is 0.337 e. The minimum atomic E-state index is -4.04. The molecule has 0 bridgehead atoms. The Bertz CT molecular complexity index is 348. The van der Waals surface area contributed by atoms with Crippen LogP contribution >= 0.6 is 0 Å². The highest BCUT2D eigenvalue weighted by Gasteiger charge is 2.29. The van der Waals surface area contributed by atoms with Gasteiger partial charge in [0.1, 0.15) is 0 Å². The number of nitrogens with zero attached hydrogens (tertiary/aromatic N) is 3. The molecule has 0 aliphatic carbocycles. The Morgan fingerprint density at radius 1 is 1.33 bits per heavy atom. The van der Waals surface area contributed by atoms with Crippen molar-refractivity contribution in [2.24, 2.45) is 5.92 Å². The van der Waals surface area contributed by atoms with E-state index in [0.29, 0.717) is 5.92 Å². The molecule has 3 nitrogen and oxygen atoms in total. The molecule has 0 saturated carbocycles. The molecule has 0 aromatic carbocycles. The number of likely N-dealkylation sites (tertiary alicyclic amines) is 1. The fourth-order valence-corrected chi connectivity index (χ4v) is 2.48. The standard InChI is InChI=1S/C12H18F3N3/c13-12(14,15)3-6-17-5-1-2-11(8-17)9-18-7-4-16-10-18/h4,7,10-11H,1-3,5-6,8-9H2. The van der Waals surface area contributed by atoms with Crippen LogP contribution in [0.15, 0.2) is 18.7 Å². The zero-order valence-corrected chi connectivity index (χ0v) is 10.2. The molecule has 0 N–H and O–H groups in total. The van der Waals surface area contributed by atoms with Gasteiger partial charge in [-0.05, 0) is 25.3 Å². The van der Waals surface area contributed by atoms with E-state index in [2.05, 4.69) is 4.98 Å². The van der Waals surface area contributed by atoms with E-state index in [9.17, 15) is 13.2 Å². The average molecular weight is 261 g/mol. The lowest BCUT2D eigenvalue weighted by Crippen LogP contribution is -2.38. The molecule has 6 heteroatoms. The highest BCUT2D eigenvalue weighted by molar-refractivity contribution is 4.79. The minimum Gasteiger partial charge on any atom is -0.337 e. The molecule has 2 rings (SSSR count). The second kappa shape index (κ2) is 5.73. The molecule has 1 atom stereocenters. The van der Waals surface area contributed by atoms with Gasteiger partial charge in [0.2, 0.25) is 0 Å². The van der Waals surface area contributed by atoms with E-state index in [1.807, 2.05) is 15.7 Å². The number of hydrogen-bond acceptors (Lipinski definition) is 2. The zero-order valence-electron chi connectivity index (χ0n) is 10.2. The molecule has 1 aliphatic rings. The topological polar surface area (TPSA) is 21.1 Å². The monoisotopic (exact) mass is 261 g/mol. The molecule has 1 aliphatic heterocycles. The molecule has 1 aromatic heterocycles. The number of alkyl halides is 3. The van der Waals surface area contributed by atoms with Crippen molar-refractivity contribution in [3.05, 3.63) is 18.7 Å². The summed E-state index contributed by atoms with van der Waals surface area (Å²) < 4.78 is 38.5. The van der Waals surface area contributed by atoms with Crippen molar-refractivity contribution in [1.82, 2.24) is 14.5 Å². The molecule has 1 saturated heterocycles. The Morgan fingerprint density at radius 2 is 2.17 bits per heavy atom. The summed E-state index contributed by atoms with van der Waals surface area (Å²) in [5.74, 6) is 0.432. The molecule has 18 heavy (non-hydrogen) atoms. The molecule has 0 radical (unpaired) electrons. The van der Waals surface area contributed by atoms with Crippen molar-refractivity contribution in [3.63, 3.8) is 0 Å². The predicted octanol–water partition coefficient (Wildman–Crippen LogP) is 2.55. The molecule has 1 unspecified atom stereocenters. The van der Waals surface area contributed by atoms with Crippen LogP contribution in [0.1, 0.15) is 19.3 Å². The van der Waals surface area contributed by atoms with Crippen molar-refractivity contribution in [2.45, 2.75) is 32.0 Å². The molecule has 2 heterocycles. The largest absolute Gasteiger partial charge is 0.390 e. The van der Waals surface area contributed by atoms with Gasteiger partial charge in [0.25, 0.3) is 0 Å². The number of rotatable bonds is 4. The van der Waals surface area contributed by atoms with E-state index in [-0.39, 0.29) is 6.54 Å². The van der Waals surface area contributed by atoms with E-state index in [1.54, 1.807) is 12.5 Å². The Labute approximate surface area is 105 Å². The molecule has 0 amide bonds. The number of imidazole rings is 1. The number of piperidine rings is 1. The van der Waals surface area contributed by atoms with Gasteiger partial charge in [-0.25, -0.2) is 4.98 Å². The average Bonchev–Trinajstić information content (AvgIpc) is 2.79. The number of aromatic nitrogens is 2.